The molecule has 0 aliphatic rings. The maximum absolute atomic E-state index is 10.2. The number of rotatable bonds is 8. The summed E-state index contributed by atoms with van der Waals surface area (Å²) in [5, 5.41) is 20.7. The minimum Gasteiger partial charge on any atom is -0.506 e. The number of phenolic OH excluding ortho intramolecular Hbond substituents is 1. The second-order valence-corrected chi connectivity index (χ2v) is 5.90. The van der Waals surface area contributed by atoms with Crippen molar-refractivity contribution in [3.05, 3.63) is 29.8 Å². The minimum atomic E-state index is 0.149. The molecule has 0 radical (unpaired) electrons. The van der Waals surface area contributed by atoms with Gasteiger partial charge in [-0.3, -0.25) is 0 Å². The molecule has 1 aromatic carbocycles. The predicted molar refractivity (Wildman–Crippen MR) is 91.8 cm³/mol. The quantitative estimate of drug-likeness (QED) is 0.673. The van der Waals surface area contributed by atoms with Crippen LogP contribution in [0.4, 0.5) is 16.5 Å². The summed E-state index contributed by atoms with van der Waals surface area (Å²) in [4.78, 5) is 6.33. The Kier molecular flexibility index (Phi) is 6.33. The van der Waals surface area contributed by atoms with E-state index >= 15 is 0 Å². The Balaban J connectivity index is 2.13. The third-order valence-corrected chi connectivity index (χ3v) is 3.92. The number of benzene rings is 1. The molecule has 5 nitrogen and oxygen atoms in total. The van der Waals surface area contributed by atoms with Gasteiger partial charge in [-0.1, -0.05) is 20.3 Å². The first-order valence-electron chi connectivity index (χ1n) is 7.63. The van der Waals surface area contributed by atoms with Gasteiger partial charge in [0.05, 0.1) is 0 Å². The highest BCUT2D eigenvalue weighted by Crippen LogP contribution is 2.32. The molecule has 0 aliphatic heterocycles. The molecule has 22 heavy (non-hydrogen) atoms. The zero-order valence-corrected chi connectivity index (χ0v) is 13.9. The van der Waals surface area contributed by atoms with Crippen LogP contribution in [0.1, 0.15) is 33.1 Å². The minimum absolute atomic E-state index is 0.149. The van der Waals surface area contributed by atoms with E-state index in [1.165, 1.54) is 11.3 Å². The molecule has 0 unspecified atom stereocenters. The van der Waals surface area contributed by atoms with Crippen molar-refractivity contribution in [3.8, 4) is 5.75 Å². The van der Waals surface area contributed by atoms with Crippen molar-refractivity contribution in [2.24, 2.45) is 10.2 Å². The number of thiazole rings is 1. The molecule has 0 saturated heterocycles. The molecular formula is C16H22N4OS. The molecule has 0 atom stereocenters. The van der Waals surface area contributed by atoms with Crippen LogP contribution >= 0.6 is 11.3 Å². The van der Waals surface area contributed by atoms with E-state index in [9.17, 15) is 5.11 Å². The van der Waals surface area contributed by atoms with Crippen molar-refractivity contribution in [2.75, 3.05) is 18.0 Å². The van der Waals surface area contributed by atoms with E-state index in [2.05, 4.69) is 34.0 Å². The number of hydrogen-bond acceptors (Lipinski definition) is 6. The van der Waals surface area contributed by atoms with Crippen LogP contribution in [0.2, 0.25) is 0 Å². The largest absolute Gasteiger partial charge is 0.506 e. The summed E-state index contributed by atoms with van der Waals surface area (Å²) in [6.45, 7) is 6.34. The third-order valence-electron chi connectivity index (χ3n) is 3.26. The Hall–Kier alpha value is -1.95. The molecular weight excluding hydrogens is 296 g/mol. The van der Waals surface area contributed by atoms with Gasteiger partial charge < -0.3 is 10.0 Å². The Bertz CT molecular complexity index is 598. The SMILES string of the molecule is CCCCN(CCC)c1ccc(N=Nc2nccs2)c(O)c1. The molecule has 1 N–H and O–H groups in total. The second-order valence-electron chi connectivity index (χ2n) is 5.03. The molecule has 0 saturated carbocycles. The summed E-state index contributed by atoms with van der Waals surface area (Å²) in [7, 11) is 0. The van der Waals surface area contributed by atoms with Crippen molar-refractivity contribution in [1.82, 2.24) is 4.98 Å². The monoisotopic (exact) mass is 318 g/mol. The Morgan fingerprint density at radius 2 is 2.05 bits per heavy atom. The van der Waals surface area contributed by atoms with Gasteiger partial charge in [0.1, 0.15) is 11.4 Å². The van der Waals surface area contributed by atoms with E-state index in [-0.39, 0.29) is 5.75 Å². The maximum atomic E-state index is 10.2. The number of azo groups is 1. The Morgan fingerprint density at radius 3 is 2.68 bits per heavy atom. The molecule has 0 amide bonds. The number of aromatic nitrogens is 1. The lowest BCUT2D eigenvalue weighted by molar-refractivity contribution is 0.476. The first-order valence-corrected chi connectivity index (χ1v) is 8.51. The van der Waals surface area contributed by atoms with Gasteiger partial charge in [0, 0.05) is 36.4 Å². The third kappa shape index (κ3) is 4.53. The van der Waals surface area contributed by atoms with Crippen molar-refractivity contribution in [1.29, 1.82) is 0 Å². The van der Waals surface area contributed by atoms with Crippen LogP contribution in [0.5, 0.6) is 5.75 Å². The van der Waals surface area contributed by atoms with Gasteiger partial charge in [0.2, 0.25) is 5.13 Å². The highest BCUT2D eigenvalue weighted by molar-refractivity contribution is 7.13. The topological polar surface area (TPSA) is 61.1 Å². The van der Waals surface area contributed by atoms with Gasteiger partial charge in [-0.2, -0.15) is 0 Å². The molecule has 0 spiro atoms. The fraction of sp³-hybridized carbons (Fsp3) is 0.438. The normalized spacial score (nSPS) is 11.2. The lowest BCUT2D eigenvalue weighted by Gasteiger charge is -2.24. The molecule has 0 fully saturated rings. The second kappa shape index (κ2) is 8.48. The highest BCUT2D eigenvalue weighted by Gasteiger charge is 2.08. The van der Waals surface area contributed by atoms with Crippen LogP contribution in [0, 0.1) is 0 Å². The van der Waals surface area contributed by atoms with Crippen LogP contribution in [-0.4, -0.2) is 23.2 Å². The number of unbranched alkanes of at least 4 members (excludes halogenated alkanes) is 1. The number of nitrogens with zero attached hydrogens (tertiary/aromatic N) is 4. The fourth-order valence-corrected chi connectivity index (χ4v) is 2.60. The molecule has 1 heterocycles. The van der Waals surface area contributed by atoms with E-state index in [4.69, 9.17) is 0 Å². The smallest absolute Gasteiger partial charge is 0.229 e. The molecule has 1 aromatic heterocycles. The maximum Gasteiger partial charge on any atom is 0.229 e. The van der Waals surface area contributed by atoms with Crippen LogP contribution < -0.4 is 4.90 Å². The number of phenols is 1. The van der Waals surface area contributed by atoms with Crippen LogP contribution in [0.15, 0.2) is 40.0 Å². The highest BCUT2D eigenvalue weighted by atomic mass is 32.1. The van der Waals surface area contributed by atoms with E-state index in [1.807, 2.05) is 11.4 Å². The number of anilines is 1. The van der Waals surface area contributed by atoms with Gasteiger partial charge >= 0.3 is 0 Å². The van der Waals surface area contributed by atoms with Gasteiger partial charge in [-0.25, -0.2) is 4.98 Å². The zero-order chi connectivity index (χ0) is 15.8. The van der Waals surface area contributed by atoms with Crippen molar-refractivity contribution >= 4 is 27.8 Å². The molecule has 118 valence electrons. The molecule has 0 bridgehead atoms. The first-order chi connectivity index (χ1) is 10.7. The van der Waals surface area contributed by atoms with Gasteiger partial charge in [-0.15, -0.1) is 21.6 Å². The summed E-state index contributed by atoms with van der Waals surface area (Å²) in [6, 6.07) is 5.55. The summed E-state index contributed by atoms with van der Waals surface area (Å²) >= 11 is 1.41. The van der Waals surface area contributed by atoms with Gasteiger partial charge in [-0.05, 0) is 25.0 Å². The average Bonchev–Trinajstić information content (AvgIpc) is 3.03. The van der Waals surface area contributed by atoms with Gasteiger partial charge in [0.15, 0.2) is 0 Å². The predicted octanol–water partition coefficient (Wildman–Crippen LogP) is 5.28. The standard InChI is InChI=1S/C16H22N4OS/c1-3-5-10-20(9-4-2)13-6-7-14(15(21)12-13)18-19-16-17-8-11-22-16/h6-8,11-12,21H,3-5,9-10H2,1-2H3. The summed E-state index contributed by atoms with van der Waals surface area (Å²) in [5.74, 6) is 0.149. The lowest BCUT2D eigenvalue weighted by Crippen LogP contribution is -2.25. The first kappa shape index (κ1) is 16.4. The average molecular weight is 318 g/mol. The summed E-state index contributed by atoms with van der Waals surface area (Å²) in [5.41, 5.74) is 1.49. The van der Waals surface area contributed by atoms with Crippen LogP contribution in [0.25, 0.3) is 0 Å². The van der Waals surface area contributed by atoms with E-state index in [0.717, 1.165) is 38.0 Å². The van der Waals surface area contributed by atoms with E-state index in [0.29, 0.717) is 10.8 Å². The van der Waals surface area contributed by atoms with Crippen LogP contribution in [0.3, 0.4) is 0 Å². The summed E-state index contributed by atoms with van der Waals surface area (Å²) < 4.78 is 0. The summed E-state index contributed by atoms with van der Waals surface area (Å²) in [6.07, 6.45) is 5.06. The van der Waals surface area contributed by atoms with E-state index < -0.39 is 0 Å². The zero-order valence-electron chi connectivity index (χ0n) is 13.1. The number of aromatic hydroxyl groups is 1. The molecule has 6 heteroatoms. The van der Waals surface area contributed by atoms with Crippen molar-refractivity contribution in [2.45, 2.75) is 33.1 Å². The van der Waals surface area contributed by atoms with Crippen molar-refractivity contribution < 1.29 is 5.11 Å². The number of hydrogen-bond donors (Lipinski definition) is 1. The Morgan fingerprint density at radius 1 is 1.18 bits per heavy atom. The molecule has 2 aromatic rings. The molecule has 2 rings (SSSR count). The Labute approximate surface area is 135 Å². The van der Waals surface area contributed by atoms with E-state index in [1.54, 1.807) is 18.3 Å². The van der Waals surface area contributed by atoms with Crippen molar-refractivity contribution in [3.63, 3.8) is 0 Å². The molecule has 0 aliphatic carbocycles. The van der Waals surface area contributed by atoms with Crippen LogP contribution in [-0.2, 0) is 0 Å². The fourth-order valence-electron chi connectivity index (χ4n) is 2.14. The van der Waals surface area contributed by atoms with Gasteiger partial charge in [0.25, 0.3) is 0 Å². The lowest BCUT2D eigenvalue weighted by atomic mass is 10.2.